The zero-order valence-electron chi connectivity index (χ0n) is 21.6. The zero-order valence-corrected chi connectivity index (χ0v) is 21.6. The first-order valence-electron chi connectivity index (χ1n) is 12.8. The molecule has 0 spiro atoms. The fourth-order valence-corrected chi connectivity index (χ4v) is 4.66. The number of H-pyrrole nitrogens is 1. The van der Waals surface area contributed by atoms with Crippen LogP contribution in [-0.4, -0.2) is 49.5 Å². The van der Waals surface area contributed by atoms with Gasteiger partial charge in [0.05, 0.1) is 6.61 Å². The van der Waals surface area contributed by atoms with Crippen molar-refractivity contribution in [2.45, 2.75) is 33.4 Å². The number of fused-ring (bicyclic) bond motifs is 1. The van der Waals surface area contributed by atoms with Gasteiger partial charge in [0.1, 0.15) is 11.3 Å². The lowest BCUT2D eigenvalue weighted by molar-refractivity contribution is 0.197. The van der Waals surface area contributed by atoms with Crippen molar-refractivity contribution >= 4 is 16.7 Å². The lowest BCUT2D eigenvalue weighted by Crippen LogP contribution is -2.25. The number of pyridine rings is 1. The fourth-order valence-electron chi connectivity index (χ4n) is 4.66. The average molecular weight is 495 g/mol. The van der Waals surface area contributed by atoms with E-state index in [9.17, 15) is 5.11 Å². The Labute approximate surface area is 217 Å². The molecule has 0 saturated carbocycles. The molecule has 0 fully saturated rings. The van der Waals surface area contributed by atoms with Gasteiger partial charge in [-0.1, -0.05) is 43.3 Å². The number of nitrogens with zero attached hydrogens (tertiary/aromatic N) is 4. The summed E-state index contributed by atoms with van der Waals surface area (Å²) >= 11 is 0. The van der Waals surface area contributed by atoms with E-state index in [1.165, 1.54) is 5.56 Å². The molecule has 0 amide bonds. The molecule has 0 aliphatic rings. The van der Waals surface area contributed by atoms with E-state index < -0.39 is 0 Å². The minimum atomic E-state index is 0.173. The van der Waals surface area contributed by atoms with Gasteiger partial charge in [-0.05, 0) is 61.3 Å². The molecule has 0 atom stereocenters. The van der Waals surface area contributed by atoms with Crippen molar-refractivity contribution in [3.8, 4) is 33.6 Å². The first-order chi connectivity index (χ1) is 18.0. The van der Waals surface area contributed by atoms with Crippen molar-refractivity contribution in [3.63, 3.8) is 0 Å². The topological polar surface area (TPSA) is 96.0 Å². The van der Waals surface area contributed by atoms with Crippen molar-refractivity contribution in [1.29, 1.82) is 0 Å². The third-order valence-corrected chi connectivity index (χ3v) is 6.80. The van der Waals surface area contributed by atoms with Crippen molar-refractivity contribution in [2.75, 3.05) is 25.4 Å². The van der Waals surface area contributed by atoms with Gasteiger partial charge in [0.15, 0.2) is 0 Å². The predicted molar refractivity (Wildman–Crippen MR) is 151 cm³/mol. The number of hydrogen-bond donors (Lipinski definition) is 3. The van der Waals surface area contributed by atoms with E-state index in [-0.39, 0.29) is 12.6 Å². The van der Waals surface area contributed by atoms with Crippen molar-refractivity contribution < 1.29 is 5.11 Å². The van der Waals surface area contributed by atoms with E-state index in [2.05, 4.69) is 78.2 Å². The third kappa shape index (κ3) is 5.14. The zero-order chi connectivity index (χ0) is 25.9. The summed E-state index contributed by atoms with van der Waals surface area (Å²) in [7, 11) is 0. The normalized spacial score (nSPS) is 11.7. The first kappa shape index (κ1) is 24.7. The van der Waals surface area contributed by atoms with Crippen LogP contribution in [0.3, 0.4) is 0 Å². The van der Waals surface area contributed by atoms with Crippen LogP contribution in [-0.2, 0) is 6.54 Å². The molecule has 190 valence electrons. The molecule has 2 aromatic carbocycles. The van der Waals surface area contributed by atoms with Gasteiger partial charge in [-0.25, -0.2) is 4.98 Å². The van der Waals surface area contributed by atoms with E-state index >= 15 is 0 Å². The number of nitrogen functional groups attached to an aromatic ring is 1. The molecule has 0 bridgehead atoms. The molecule has 37 heavy (non-hydrogen) atoms. The number of aliphatic hydroxyl groups excluding tert-OH is 1. The highest BCUT2D eigenvalue weighted by Gasteiger charge is 2.18. The molecule has 7 nitrogen and oxygen atoms in total. The smallest absolute Gasteiger partial charge is 0.138 e. The summed E-state index contributed by atoms with van der Waals surface area (Å²) < 4.78 is 2.01. The second-order valence-electron chi connectivity index (χ2n) is 9.68. The van der Waals surface area contributed by atoms with Crippen LogP contribution in [0, 0.1) is 0 Å². The van der Waals surface area contributed by atoms with E-state index in [4.69, 9.17) is 10.8 Å². The van der Waals surface area contributed by atoms with Crippen LogP contribution in [0.4, 0.5) is 5.69 Å². The summed E-state index contributed by atoms with van der Waals surface area (Å²) in [5, 5.41) is 15.3. The molecule has 3 aromatic heterocycles. The second kappa shape index (κ2) is 10.6. The number of aliphatic hydroxyl groups is 1. The van der Waals surface area contributed by atoms with Crippen LogP contribution in [0.15, 0.2) is 73.1 Å². The van der Waals surface area contributed by atoms with E-state index in [1.807, 2.05) is 35.1 Å². The number of benzene rings is 2. The maximum absolute atomic E-state index is 9.27. The highest BCUT2D eigenvalue weighted by atomic mass is 16.3. The van der Waals surface area contributed by atoms with Crippen LogP contribution in [0.1, 0.15) is 32.4 Å². The number of rotatable bonds is 9. The molecule has 4 N–H and O–H groups in total. The number of aromatic amines is 1. The summed E-state index contributed by atoms with van der Waals surface area (Å²) in [5.74, 6) is 0. The Bertz CT molecular complexity index is 1480. The number of nitrogens with one attached hydrogen (secondary N) is 1. The Kier molecular flexibility index (Phi) is 7.08. The van der Waals surface area contributed by atoms with Crippen molar-refractivity contribution in [2.24, 2.45) is 0 Å². The predicted octanol–water partition coefficient (Wildman–Crippen LogP) is 5.74. The lowest BCUT2D eigenvalue weighted by Gasteiger charge is -2.19. The van der Waals surface area contributed by atoms with Gasteiger partial charge in [0.2, 0.25) is 0 Å². The maximum Gasteiger partial charge on any atom is 0.138 e. The lowest BCUT2D eigenvalue weighted by atomic mass is 10.00. The van der Waals surface area contributed by atoms with Crippen molar-refractivity contribution in [1.82, 2.24) is 24.6 Å². The van der Waals surface area contributed by atoms with Crippen molar-refractivity contribution in [3.05, 3.63) is 78.6 Å². The molecule has 0 unspecified atom stereocenters. The monoisotopic (exact) mass is 494 g/mol. The van der Waals surface area contributed by atoms with Gasteiger partial charge < -0.3 is 15.8 Å². The summed E-state index contributed by atoms with van der Waals surface area (Å²) in [4.78, 5) is 10.4. The Morgan fingerprint density at radius 3 is 2.41 bits per heavy atom. The van der Waals surface area contributed by atoms with Crippen LogP contribution >= 0.6 is 0 Å². The highest BCUT2D eigenvalue weighted by molar-refractivity contribution is 5.99. The molecule has 5 aromatic rings. The van der Waals surface area contributed by atoms with E-state index in [1.54, 1.807) is 0 Å². The number of hydrogen-bond acceptors (Lipinski definition) is 5. The van der Waals surface area contributed by atoms with E-state index in [0.29, 0.717) is 6.54 Å². The molecule has 0 aliphatic carbocycles. The van der Waals surface area contributed by atoms with Crippen LogP contribution in [0.25, 0.3) is 44.7 Å². The summed E-state index contributed by atoms with van der Waals surface area (Å²) in [6.07, 6.45) is 3.97. The molecule has 0 radical (unpaired) electrons. The third-order valence-electron chi connectivity index (χ3n) is 6.80. The summed E-state index contributed by atoms with van der Waals surface area (Å²) in [6.45, 7) is 8.96. The minimum absolute atomic E-state index is 0.173. The van der Waals surface area contributed by atoms with Gasteiger partial charge in [-0.3, -0.25) is 9.58 Å². The Hall–Kier alpha value is -3.94. The van der Waals surface area contributed by atoms with Gasteiger partial charge in [-0.2, -0.15) is 5.10 Å². The first-order valence-corrected chi connectivity index (χ1v) is 12.8. The molecule has 5 rings (SSSR count). The van der Waals surface area contributed by atoms with E-state index in [0.717, 1.165) is 63.5 Å². The van der Waals surface area contributed by atoms with Gasteiger partial charge in [-0.15, -0.1) is 0 Å². The molecular formula is C30H34N6O. The minimum Gasteiger partial charge on any atom is -0.399 e. The largest absolute Gasteiger partial charge is 0.399 e. The van der Waals surface area contributed by atoms with Gasteiger partial charge >= 0.3 is 0 Å². The number of anilines is 1. The molecule has 7 heteroatoms. The molecule has 0 saturated heterocycles. The number of aromatic nitrogens is 4. The Morgan fingerprint density at radius 1 is 1.00 bits per heavy atom. The van der Waals surface area contributed by atoms with Crippen LogP contribution in [0.2, 0.25) is 0 Å². The molecule has 0 aliphatic heterocycles. The Morgan fingerprint density at radius 2 is 1.73 bits per heavy atom. The Balaban J connectivity index is 1.53. The quantitative estimate of drug-likeness (QED) is 0.227. The van der Waals surface area contributed by atoms with Crippen LogP contribution < -0.4 is 5.73 Å². The maximum atomic E-state index is 9.27. The summed E-state index contributed by atoms with van der Waals surface area (Å²) in [6, 6.07) is 20.9. The number of nitrogens with two attached hydrogens (primary N) is 1. The highest BCUT2D eigenvalue weighted by Crippen LogP contribution is 2.37. The van der Waals surface area contributed by atoms with Gasteiger partial charge in [0, 0.05) is 59.4 Å². The summed E-state index contributed by atoms with van der Waals surface area (Å²) in [5.41, 5.74) is 15.0. The van der Waals surface area contributed by atoms with Crippen LogP contribution in [0.5, 0.6) is 0 Å². The van der Waals surface area contributed by atoms with Gasteiger partial charge in [0.25, 0.3) is 0 Å². The second-order valence-corrected chi connectivity index (χ2v) is 9.68. The average Bonchev–Trinajstić information content (AvgIpc) is 3.54. The standard InChI is InChI=1S/C30H34N6O/c1-4-35(15-16-37)18-21-5-7-22(8-6-21)28-17-26-25(13-14-32-30(26)33-28)27-19-36(20(2)3)34-29(27)23-9-11-24(31)12-10-23/h5-14,17,19-20,37H,4,15-16,18,31H2,1-3H3,(H,32,33). The SMILES string of the molecule is CCN(CCO)Cc1ccc(-c2cc3c(-c4cn(C(C)C)nc4-c4ccc(N)cc4)ccnc3[nH]2)cc1. The molecular weight excluding hydrogens is 460 g/mol. The number of likely N-dealkylation sites (N-methyl/N-ethyl adjacent to an activating group) is 1. The molecule has 3 heterocycles. The fraction of sp³-hybridized carbons (Fsp3) is 0.267.